The van der Waals surface area contributed by atoms with Crippen LogP contribution < -0.4 is 16.0 Å². The number of nitrogens with two attached hydrogens (primary N) is 1. The molecule has 9 nitrogen and oxygen atoms in total. The highest BCUT2D eigenvalue weighted by Crippen LogP contribution is 2.33. The summed E-state index contributed by atoms with van der Waals surface area (Å²) in [5.41, 5.74) is 8.17. The Morgan fingerprint density at radius 3 is 2.54 bits per heavy atom. The second-order valence-electron chi connectivity index (χ2n) is 9.07. The second-order valence-corrected chi connectivity index (χ2v) is 9.07. The fourth-order valence-electron chi connectivity index (χ4n) is 4.49. The molecule has 1 aliphatic heterocycles. The van der Waals surface area contributed by atoms with E-state index in [-0.39, 0.29) is 12.2 Å². The first kappa shape index (κ1) is 25.7. The molecule has 4 amide bonds. The van der Waals surface area contributed by atoms with E-state index >= 15 is 0 Å². The molecule has 0 aliphatic carbocycles. The molecule has 0 saturated carbocycles. The number of carbonyl (C=O) groups is 3. The number of hydrogen-bond donors (Lipinski definition) is 2. The van der Waals surface area contributed by atoms with Gasteiger partial charge in [-0.1, -0.05) is 19.1 Å². The highest BCUT2D eigenvalue weighted by Gasteiger charge is 2.55. The third-order valence-corrected chi connectivity index (χ3v) is 6.67. The third-order valence-electron chi connectivity index (χ3n) is 6.67. The van der Waals surface area contributed by atoms with Gasteiger partial charge in [-0.2, -0.15) is 0 Å². The first-order valence-electron chi connectivity index (χ1n) is 12.0. The van der Waals surface area contributed by atoms with Crippen LogP contribution in [-0.2, 0) is 16.0 Å². The van der Waals surface area contributed by atoms with Crippen LogP contribution in [0.4, 0.5) is 20.7 Å². The minimum atomic E-state index is -1.03. The van der Waals surface area contributed by atoms with Crippen LogP contribution in [0.15, 0.2) is 61.1 Å². The van der Waals surface area contributed by atoms with Gasteiger partial charge in [-0.25, -0.2) is 14.2 Å². The summed E-state index contributed by atoms with van der Waals surface area (Å²) in [7, 11) is 1.59. The Bertz CT molecular complexity index is 1320. The van der Waals surface area contributed by atoms with Gasteiger partial charge in [0.25, 0.3) is 5.91 Å². The molecular weight excluding hydrogens is 475 g/mol. The average molecular weight is 505 g/mol. The van der Waals surface area contributed by atoms with Crippen molar-refractivity contribution in [3.63, 3.8) is 0 Å². The smallest absolute Gasteiger partial charge is 0.325 e. The highest BCUT2D eigenvalue weighted by atomic mass is 19.1. The summed E-state index contributed by atoms with van der Waals surface area (Å²) in [5, 5.41) is 2.81. The predicted octanol–water partition coefficient (Wildman–Crippen LogP) is 3.40. The summed E-state index contributed by atoms with van der Waals surface area (Å²) in [6, 6.07) is 9.17. The number of benzene rings is 1. The number of rotatable bonds is 7. The van der Waals surface area contributed by atoms with Gasteiger partial charge < -0.3 is 16.0 Å². The topological polar surface area (TPSA) is 122 Å². The van der Waals surface area contributed by atoms with Crippen LogP contribution in [0.5, 0.6) is 0 Å². The second kappa shape index (κ2) is 10.7. The number of hydrogen-bond acceptors (Lipinski definition) is 6. The standard InChI is InChI=1S/C27H29FN6O3/c1-4-22(18-6-5-16(2)21(28)15-18)32-27(37)34-24(26(36)33(3)19-8-10-30-11-9-19)20(25(34)35)13-17-7-12-31-23(29)14-17/h5-12,14-15,20,22,24H,4,13H2,1-3H3,(H2,29,31)(H,32,37)/t20-,22-,24+/m1/s1. The van der Waals surface area contributed by atoms with Gasteiger partial charge in [0.1, 0.15) is 17.7 Å². The summed E-state index contributed by atoms with van der Waals surface area (Å²) in [4.78, 5) is 50.5. The largest absolute Gasteiger partial charge is 0.384 e. The van der Waals surface area contributed by atoms with Gasteiger partial charge in [0.2, 0.25) is 5.91 Å². The number of nitrogen functional groups attached to an aromatic ring is 1. The van der Waals surface area contributed by atoms with Crippen molar-refractivity contribution < 1.29 is 18.8 Å². The molecule has 1 fully saturated rings. The highest BCUT2D eigenvalue weighted by molar-refractivity contribution is 6.12. The first-order chi connectivity index (χ1) is 17.7. The molecule has 3 N–H and O–H groups in total. The third kappa shape index (κ3) is 5.28. The van der Waals surface area contributed by atoms with E-state index in [1.165, 1.54) is 17.2 Å². The Kier molecular flexibility index (Phi) is 7.47. The molecule has 3 atom stereocenters. The molecule has 1 saturated heterocycles. The van der Waals surface area contributed by atoms with E-state index in [9.17, 15) is 18.8 Å². The van der Waals surface area contributed by atoms with Crippen LogP contribution >= 0.6 is 0 Å². The van der Waals surface area contributed by atoms with E-state index in [0.717, 1.165) is 10.5 Å². The van der Waals surface area contributed by atoms with Crippen molar-refractivity contribution in [2.24, 2.45) is 5.92 Å². The number of likely N-dealkylation sites (N-methyl/N-ethyl adjacent to an activating group) is 1. The SMILES string of the molecule is CC[C@@H](NC(=O)N1C(=O)[C@H](Cc2ccnc(N)c2)[C@H]1C(=O)N(C)c1ccncc1)c1ccc(C)c(F)c1. The van der Waals surface area contributed by atoms with Crippen LogP contribution in [0.25, 0.3) is 0 Å². The molecule has 3 heterocycles. The van der Waals surface area contributed by atoms with Crippen molar-refractivity contribution in [3.8, 4) is 0 Å². The molecular formula is C27H29FN6O3. The van der Waals surface area contributed by atoms with Crippen LogP contribution in [-0.4, -0.2) is 45.8 Å². The first-order valence-corrected chi connectivity index (χ1v) is 12.0. The lowest BCUT2D eigenvalue weighted by Gasteiger charge is -2.46. The summed E-state index contributed by atoms with van der Waals surface area (Å²) in [5.74, 6) is -1.73. The van der Waals surface area contributed by atoms with E-state index in [1.54, 1.807) is 62.8 Å². The number of aryl methyl sites for hydroxylation is 1. The minimum Gasteiger partial charge on any atom is -0.384 e. The molecule has 3 aromatic rings. The maximum absolute atomic E-state index is 14.2. The van der Waals surface area contributed by atoms with Gasteiger partial charge in [-0.05, 0) is 66.8 Å². The van der Waals surface area contributed by atoms with Gasteiger partial charge in [0.15, 0.2) is 0 Å². The molecule has 0 unspecified atom stereocenters. The number of β-lactam (4-membered cyclic amide) rings is 1. The normalized spacial score (nSPS) is 17.6. The van der Waals surface area contributed by atoms with Crippen molar-refractivity contribution in [1.82, 2.24) is 20.2 Å². The van der Waals surface area contributed by atoms with Crippen molar-refractivity contribution >= 4 is 29.4 Å². The fraction of sp³-hybridized carbons (Fsp3) is 0.296. The molecule has 4 rings (SSSR count). The van der Waals surface area contributed by atoms with E-state index in [2.05, 4.69) is 15.3 Å². The molecule has 192 valence electrons. The summed E-state index contributed by atoms with van der Waals surface area (Å²) < 4.78 is 14.2. The Morgan fingerprint density at radius 1 is 1.16 bits per heavy atom. The summed E-state index contributed by atoms with van der Waals surface area (Å²) in [6.07, 6.45) is 5.32. The van der Waals surface area contributed by atoms with Crippen molar-refractivity contribution in [2.45, 2.75) is 38.8 Å². The molecule has 2 aromatic heterocycles. The molecule has 1 aliphatic rings. The minimum absolute atomic E-state index is 0.219. The lowest BCUT2D eigenvalue weighted by atomic mass is 9.81. The number of urea groups is 1. The van der Waals surface area contributed by atoms with Gasteiger partial charge in [-0.3, -0.25) is 19.5 Å². The number of pyridine rings is 2. The number of aromatic nitrogens is 2. The molecule has 1 aromatic carbocycles. The number of halogens is 1. The summed E-state index contributed by atoms with van der Waals surface area (Å²) in [6.45, 7) is 3.50. The Balaban J connectivity index is 1.60. The summed E-state index contributed by atoms with van der Waals surface area (Å²) >= 11 is 0. The molecule has 0 spiro atoms. The average Bonchev–Trinajstić information content (AvgIpc) is 2.90. The van der Waals surface area contributed by atoms with Gasteiger partial charge in [0, 0.05) is 31.3 Å². The van der Waals surface area contributed by atoms with Crippen molar-refractivity contribution in [1.29, 1.82) is 0 Å². The molecule has 0 radical (unpaired) electrons. The maximum atomic E-state index is 14.2. The zero-order valence-electron chi connectivity index (χ0n) is 20.9. The van der Waals surface area contributed by atoms with E-state index < -0.39 is 35.8 Å². The monoisotopic (exact) mass is 504 g/mol. The number of amides is 4. The van der Waals surface area contributed by atoms with Crippen LogP contribution in [0, 0.1) is 18.7 Å². The predicted molar refractivity (Wildman–Crippen MR) is 137 cm³/mol. The van der Waals surface area contributed by atoms with E-state index in [4.69, 9.17) is 5.73 Å². The molecule has 0 bridgehead atoms. The van der Waals surface area contributed by atoms with Gasteiger partial charge in [0.05, 0.1) is 12.0 Å². The van der Waals surface area contributed by atoms with E-state index in [1.807, 2.05) is 6.92 Å². The number of imide groups is 1. The Morgan fingerprint density at radius 2 is 1.89 bits per heavy atom. The van der Waals surface area contributed by atoms with Crippen LogP contribution in [0.2, 0.25) is 0 Å². The fourth-order valence-corrected chi connectivity index (χ4v) is 4.49. The lowest BCUT2D eigenvalue weighted by Crippen LogP contribution is -2.70. The number of carbonyl (C=O) groups excluding carboxylic acids is 3. The Labute approximate surface area is 214 Å². The van der Waals surface area contributed by atoms with Gasteiger partial charge in [-0.15, -0.1) is 0 Å². The zero-order valence-corrected chi connectivity index (χ0v) is 20.9. The van der Waals surface area contributed by atoms with E-state index in [0.29, 0.717) is 29.1 Å². The van der Waals surface area contributed by atoms with Crippen molar-refractivity contribution in [3.05, 3.63) is 83.6 Å². The lowest BCUT2D eigenvalue weighted by molar-refractivity contribution is -0.156. The van der Waals surface area contributed by atoms with Crippen molar-refractivity contribution in [2.75, 3.05) is 17.7 Å². The van der Waals surface area contributed by atoms with Gasteiger partial charge >= 0.3 is 6.03 Å². The number of anilines is 2. The number of nitrogens with zero attached hydrogens (tertiary/aromatic N) is 4. The molecule has 37 heavy (non-hydrogen) atoms. The molecule has 10 heteroatoms. The Hall–Kier alpha value is -4.34. The number of nitrogens with one attached hydrogen (secondary N) is 1. The maximum Gasteiger partial charge on any atom is 0.325 e. The quantitative estimate of drug-likeness (QED) is 0.476. The van der Waals surface area contributed by atoms with Crippen LogP contribution in [0.1, 0.15) is 36.1 Å². The number of likely N-dealkylation sites (tertiary alicyclic amines) is 1. The zero-order chi connectivity index (χ0) is 26.7. The van der Waals surface area contributed by atoms with Crippen LogP contribution in [0.3, 0.4) is 0 Å².